The summed E-state index contributed by atoms with van der Waals surface area (Å²) in [5.74, 6) is 0.00997. The predicted molar refractivity (Wildman–Crippen MR) is 93.2 cm³/mol. The van der Waals surface area contributed by atoms with Crippen LogP contribution in [0.25, 0.3) is 0 Å². The molecule has 0 saturated carbocycles. The molecule has 7 heteroatoms. The first kappa shape index (κ1) is 18.5. The highest BCUT2D eigenvalue weighted by Gasteiger charge is 2.47. The number of rotatable bonds is 6. The fourth-order valence-electron chi connectivity index (χ4n) is 3.34. The molecule has 2 atom stereocenters. The van der Waals surface area contributed by atoms with Gasteiger partial charge in [0.2, 0.25) is 0 Å². The van der Waals surface area contributed by atoms with Crippen molar-refractivity contribution < 1.29 is 18.0 Å². The molecule has 1 N–H and O–H groups in total. The average molecular weight is 365 g/mol. The molecule has 2 unspecified atom stereocenters. The van der Waals surface area contributed by atoms with Crippen molar-refractivity contribution in [3.8, 4) is 0 Å². The smallest absolute Gasteiger partial charge is 0.363 e. The van der Waals surface area contributed by atoms with E-state index >= 15 is 0 Å². The largest absolute Gasteiger partial charge is 0.410 e. The van der Waals surface area contributed by atoms with Gasteiger partial charge >= 0.3 is 6.18 Å². The maximum absolute atomic E-state index is 13.6. The Labute approximate surface area is 150 Å². The topological polar surface area (TPSA) is 46.9 Å². The van der Waals surface area contributed by atoms with E-state index in [2.05, 4.69) is 10.4 Å². The molecule has 4 nitrogen and oxygen atoms in total. The average Bonchev–Trinajstić information content (AvgIpc) is 3.05. The number of hydrogen-bond acceptors (Lipinski definition) is 3. The van der Waals surface area contributed by atoms with Crippen LogP contribution in [0.4, 0.5) is 19.0 Å². The third-order valence-electron chi connectivity index (χ3n) is 4.75. The number of nitrogens with one attached hydrogen (secondary N) is 1. The molecule has 0 amide bonds. The molecule has 3 rings (SSSR count). The third kappa shape index (κ3) is 3.76. The highest BCUT2D eigenvalue weighted by Crippen LogP contribution is 2.44. The van der Waals surface area contributed by atoms with Gasteiger partial charge in [-0.2, -0.15) is 18.3 Å². The van der Waals surface area contributed by atoms with Gasteiger partial charge in [-0.1, -0.05) is 50.1 Å². The van der Waals surface area contributed by atoms with Crippen molar-refractivity contribution in [2.24, 2.45) is 0 Å². The number of aromatic nitrogens is 2. The van der Waals surface area contributed by atoms with Crippen LogP contribution < -0.4 is 5.32 Å². The van der Waals surface area contributed by atoms with E-state index in [9.17, 15) is 18.0 Å². The lowest BCUT2D eigenvalue weighted by Gasteiger charge is -2.34. The lowest BCUT2D eigenvalue weighted by atomic mass is 9.96. The number of fused-ring (bicyclic) bond motifs is 1. The molecule has 0 radical (unpaired) electrons. The van der Waals surface area contributed by atoms with Gasteiger partial charge in [-0.05, 0) is 12.0 Å². The number of carbonyl (C=O) groups excluding carboxylic acids is 1. The summed E-state index contributed by atoms with van der Waals surface area (Å²) in [5, 5.41) is 7.01. The van der Waals surface area contributed by atoms with E-state index in [-0.39, 0.29) is 23.6 Å². The van der Waals surface area contributed by atoms with Crippen LogP contribution in [-0.2, 0) is 0 Å². The molecule has 0 spiro atoms. The molecule has 0 aliphatic carbocycles. The number of benzene rings is 1. The number of Topliss-reactive ketones (excluding diaryl/α,β-unsaturated/α-hetero) is 1. The Balaban J connectivity index is 1.93. The van der Waals surface area contributed by atoms with E-state index in [4.69, 9.17) is 0 Å². The summed E-state index contributed by atoms with van der Waals surface area (Å²) < 4.78 is 41.7. The molecular formula is C19H22F3N3O. The standard InChI is InChI=1S/C19H22F3N3O/c1-2-3-5-10-16(26)14-12-23-25-17(19(20,21)22)11-15(24-18(14)25)13-8-6-4-7-9-13/h4,6-9,12,15,17,24H,2-3,5,10-11H2,1H3. The van der Waals surface area contributed by atoms with Gasteiger partial charge < -0.3 is 5.32 Å². The fourth-order valence-corrected chi connectivity index (χ4v) is 3.34. The van der Waals surface area contributed by atoms with Crippen molar-refractivity contribution >= 4 is 11.6 Å². The van der Waals surface area contributed by atoms with E-state index < -0.39 is 18.3 Å². The van der Waals surface area contributed by atoms with Gasteiger partial charge in [-0.15, -0.1) is 0 Å². The Kier molecular flexibility index (Phi) is 5.34. The lowest BCUT2D eigenvalue weighted by molar-refractivity contribution is -0.173. The van der Waals surface area contributed by atoms with E-state index in [1.807, 2.05) is 13.0 Å². The number of unbranched alkanes of at least 4 members (excludes halogenated alkanes) is 2. The van der Waals surface area contributed by atoms with E-state index in [1.165, 1.54) is 6.20 Å². The number of carbonyl (C=O) groups is 1. The molecule has 0 bridgehead atoms. The molecule has 0 saturated heterocycles. The highest BCUT2D eigenvalue weighted by molar-refractivity contribution is 6.00. The van der Waals surface area contributed by atoms with Crippen LogP contribution in [0.3, 0.4) is 0 Å². The lowest BCUT2D eigenvalue weighted by Crippen LogP contribution is -2.36. The van der Waals surface area contributed by atoms with Crippen LogP contribution in [0.2, 0.25) is 0 Å². The number of anilines is 1. The molecule has 1 aromatic carbocycles. The molecule has 2 heterocycles. The number of halogens is 3. The molecule has 1 aliphatic rings. The maximum Gasteiger partial charge on any atom is 0.410 e. The van der Waals surface area contributed by atoms with Gasteiger partial charge in [-0.3, -0.25) is 4.79 Å². The Morgan fingerprint density at radius 2 is 2.00 bits per heavy atom. The summed E-state index contributed by atoms with van der Waals surface area (Å²) in [7, 11) is 0. The quantitative estimate of drug-likeness (QED) is 0.558. The Hall–Kier alpha value is -2.31. The van der Waals surface area contributed by atoms with Crippen LogP contribution in [0.1, 0.15) is 67.0 Å². The minimum absolute atomic E-state index is 0.161. The first-order chi connectivity index (χ1) is 12.4. The summed E-state index contributed by atoms with van der Waals surface area (Å²) in [4.78, 5) is 12.5. The van der Waals surface area contributed by atoms with Crippen LogP contribution in [0.15, 0.2) is 36.5 Å². The van der Waals surface area contributed by atoms with E-state index in [1.54, 1.807) is 24.3 Å². The second-order valence-electron chi connectivity index (χ2n) is 6.63. The molecule has 0 fully saturated rings. The van der Waals surface area contributed by atoms with E-state index in [0.29, 0.717) is 6.42 Å². The summed E-state index contributed by atoms with van der Waals surface area (Å²) in [6, 6.07) is 6.72. The highest BCUT2D eigenvalue weighted by atomic mass is 19.4. The van der Waals surface area contributed by atoms with Gasteiger partial charge in [0, 0.05) is 12.8 Å². The second-order valence-corrected chi connectivity index (χ2v) is 6.63. The molecule has 1 aliphatic heterocycles. The minimum atomic E-state index is -4.43. The zero-order valence-electron chi connectivity index (χ0n) is 14.6. The van der Waals surface area contributed by atoms with Crippen LogP contribution in [0.5, 0.6) is 0 Å². The first-order valence-electron chi connectivity index (χ1n) is 8.90. The summed E-state index contributed by atoms with van der Waals surface area (Å²) in [5.41, 5.74) is 1.01. The molecule has 2 aromatic rings. The number of nitrogens with zero attached hydrogens (tertiary/aromatic N) is 2. The van der Waals surface area contributed by atoms with Crippen LogP contribution in [0, 0.1) is 0 Å². The maximum atomic E-state index is 13.6. The van der Waals surface area contributed by atoms with Crippen molar-refractivity contribution in [3.63, 3.8) is 0 Å². The zero-order valence-corrected chi connectivity index (χ0v) is 14.6. The van der Waals surface area contributed by atoms with Crippen molar-refractivity contribution in [1.29, 1.82) is 0 Å². The van der Waals surface area contributed by atoms with Gasteiger partial charge in [0.25, 0.3) is 0 Å². The predicted octanol–water partition coefficient (Wildman–Crippen LogP) is 5.31. The number of ketones is 1. The molecule has 26 heavy (non-hydrogen) atoms. The number of alkyl halides is 3. The first-order valence-corrected chi connectivity index (χ1v) is 8.90. The zero-order chi connectivity index (χ0) is 18.7. The second kappa shape index (κ2) is 7.51. The van der Waals surface area contributed by atoms with Gasteiger partial charge in [-0.25, -0.2) is 4.68 Å². The van der Waals surface area contributed by atoms with Crippen molar-refractivity contribution in [1.82, 2.24) is 9.78 Å². The summed E-state index contributed by atoms with van der Waals surface area (Å²) in [6.07, 6.45) is -0.386. The van der Waals surface area contributed by atoms with Crippen molar-refractivity contribution in [2.75, 3.05) is 5.32 Å². The Morgan fingerprint density at radius 1 is 1.27 bits per heavy atom. The van der Waals surface area contributed by atoms with Crippen molar-refractivity contribution in [2.45, 2.75) is 57.3 Å². The SMILES string of the molecule is CCCCCC(=O)c1cnn2c1NC(c1ccccc1)CC2C(F)(F)F. The molecule has 1 aromatic heterocycles. The van der Waals surface area contributed by atoms with Gasteiger partial charge in [0.05, 0.1) is 17.8 Å². The van der Waals surface area contributed by atoms with Gasteiger partial charge in [0.1, 0.15) is 5.82 Å². The normalized spacial score (nSPS) is 19.7. The minimum Gasteiger partial charge on any atom is -0.363 e. The fraction of sp³-hybridized carbons (Fsp3) is 0.474. The van der Waals surface area contributed by atoms with Crippen LogP contribution >= 0.6 is 0 Å². The summed E-state index contributed by atoms with van der Waals surface area (Å²) >= 11 is 0. The molecular weight excluding hydrogens is 343 g/mol. The van der Waals surface area contributed by atoms with Crippen LogP contribution in [-0.4, -0.2) is 21.7 Å². The summed E-state index contributed by atoms with van der Waals surface area (Å²) in [6.45, 7) is 2.03. The number of hydrogen-bond donors (Lipinski definition) is 1. The Morgan fingerprint density at radius 3 is 2.65 bits per heavy atom. The van der Waals surface area contributed by atoms with E-state index in [0.717, 1.165) is 29.5 Å². The third-order valence-corrected chi connectivity index (χ3v) is 4.75. The van der Waals surface area contributed by atoms with Crippen molar-refractivity contribution in [3.05, 3.63) is 47.7 Å². The Bertz CT molecular complexity index is 755. The monoisotopic (exact) mass is 365 g/mol. The molecule has 140 valence electrons. The van der Waals surface area contributed by atoms with Gasteiger partial charge in [0.15, 0.2) is 11.8 Å².